The first-order chi connectivity index (χ1) is 10.5. The van der Waals surface area contributed by atoms with Gasteiger partial charge in [-0.2, -0.15) is 0 Å². The molecular weight excluding hydrogens is 288 g/mol. The number of rotatable bonds is 2. The van der Waals surface area contributed by atoms with Gasteiger partial charge in [-0.15, -0.1) is 0 Å². The molecule has 1 aliphatic rings. The van der Waals surface area contributed by atoms with Crippen molar-refractivity contribution in [2.75, 3.05) is 6.61 Å². The average molecular weight is 303 g/mol. The van der Waals surface area contributed by atoms with Gasteiger partial charge in [0.25, 0.3) is 5.91 Å². The summed E-state index contributed by atoms with van der Waals surface area (Å²) in [6.07, 6.45) is 0.631. The van der Waals surface area contributed by atoms with Gasteiger partial charge in [-0.25, -0.2) is 8.78 Å². The molecule has 0 aliphatic carbocycles. The molecule has 5 heteroatoms. The lowest BCUT2D eigenvalue weighted by Crippen LogP contribution is -2.32. The van der Waals surface area contributed by atoms with E-state index < -0.39 is 17.5 Å². The van der Waals surface area contributed by atoms with Crippen LogP contribution in [0.15, 0.2) is 36.4 Å². The lowest BCUT2D eigenvalue weighted by Gasteiger charge is -2.27. The summed E-state index contributed by atoms with van der Waals surface area (Å²) >= 11 is 0. The molecule has 1 N–H and O–H groups in total. The third-order valence-corrected chi connectivity index (χ3v) is 3.69. The highest BCUT2D eigenvalue weighted by Gasteiger charge is 2.23. The van der Waals surface area contributed by atoms with Crippen LogP contribution in [0.2, 0.25) is 0 Å². The van der Waals surface area contributed by atoms with Crippen molar-refractivity contribution in [1.29, 1.82) is 0 Å². The van der Waals surface area contributed by atoms with Gasteiger partial charge in [-0.1, -0.05) is 17.7 Å². The number of aryl methyl sites for hydroxylation is 1. The van der Waals surface area contributed by atoms with Crippen LogP contribution < -0.4 is 10.1 Å². The molecule has 0 aromatic heterocycles. The van der Waals surface area contributed by atoms with Crippen LogP contribution in [0.3, 0.4) is 0 Å². The minimum Gasteiger partial charge on any atom is -0.493 e. The zero-order valence-electron chi connectivity index (χ0n) is 12.0. The van der Waals surface area contributed by atoms with Crippen LogP contribution in [0.25, 0.3) is 0 Å². The van der Waals surface area contributed by atoms with Gasteiger partial charge in [0.15, 0.2) is 11.6 Å². The number of fused-ring (bicyclic) bond motifs is 1. The monoisotopic (exact) mass is 303 g/mol. The third-order valence-electron chi connectivity index (χ3n) is 3.69. The molecule has 1 atom stereocenters. The van der Waals surface area contributed by atoms with Gasteiger partial charge < -0.3 is 10.1 Å². The van der Waals surface area contributed by atoms with Crippen molar-refractivity contribution in [2.45, 2.75) is 19.4 Å². The zero-order valence-corrected chi connectivity index (χ0v) is 12.0. The van der Waals surface area contributed by atoms with Crippen LogP contribution in [0.5, 0.6) is 5.75 Å². The molecule has 0 saturated heterocycles. The summed E-state index contributed by atoms with van der Waals surface area (Å²) in [5.41, 5.74) is 2.07. The number of nitrogens with one attached hydrogen (secondary N) is 1. The second-order valence-corrected chi connectivity index (χ2v) is 5.33. The van der Waals surface area contributed by atoms with Gasteiger partial charge in [-0.3, -0.25) is 4.79 Å². The first-order valence-corrected chi connectivity index (χ1v) is 7.04. The van der Waals surface area contributed by atoms with Crippen molar-refractivity contribution in [3.8, 4) is 5.75 Å². The smallest absolute Gasteiger partial charge is 0.251 e. The number of halogens is 2. The molecule has 114 valence electrons. The van der Waals surface area contributed by atoms with Gasteiger partial charge >= 0.3 is 0 Å². The summed E-state index contributed by atoms with van der Waals surface area (Å²) in [5, 5.41) is 2.86. The first-order valence-electron chi connectivity index (χ1n) is 7.04. The lowest BCUT2D eigenvalue weighted by atomic mass is 9.98. The molecular formula is C17H15F2NO2. The highest BCUT2D eigenvalue weighted by Crippen LogP contribution is 2.32. The Balaban J connectivity index is 1.83. The number of benzene rings is 2. The van der Waals surface area contributed by atoms with Crippen molar-refractivity contribution < 1.29 is 18.3 Å². The molecule has 2 aromatic rings. The van der Waals surface area contributed by atoms with E-state index in [1.54, 1.807) is 0 Å². The van der Waals surface area contributed by atoms with Gasteiger partial charge in [0.2, 0.25) is 0 Å². The second-order valence-electron chi connectivity index (χ2n) is 5.33. The normalized spacial score (nSPS) is 16.6. The molecule has 0 radical (unpaired) electrons. The van der Waals surface area contributed by atoms with Crippen molar-refractivity contribution in [3.63, 3.8) is 0 Å². The second kappa shape index (κ2) is 5.75. The summed E-state index contributed by atoms with van der Waals surface area (Å²) in [7, 11) is 0. The molecule has 0 saturated carbocycles. The molecule has 0 spiro atoms. The fourth-order valence-electron chi connectivity index (χ4n) is 2.54. The number of amides is 1. The maximum absolute atomic E-state index is 13.2. The van der Waals surface area contributed by atoms with E-state index in [0.29, 0.717) is 13.0 Å². The highest BCUT2D eigenvalue weighted by molar-refractivity contribution is 5.94. The quantitative estimate of drug-likeness (QED) is 0.921. The Kier molecular flexibility index (Phi) is 3.79. The maximum atomic E-state index is 13.2. The minimum absolute atomic E-state index is 0.0968. The van der Waals surface area contributed by atoms with Crippen molar-refractivity contribution in [2.24, 2.45) is 0 Å². The summed E-state index contributed by atoms with van der Waals surface area (Å²) in [4.78, 5) is 12.2. The van der Waals surface area contributed by atoms with Gasteiger partial charge in [0, 0.05) is 17.5 Å². The maximum Gasteiger partial charge on any atom is 0.251 e. The minimum atomic E-state index is -1.03. The van der Waals surface area contributed by atoms with Crippen molar-refractivity contribution in [3.05, 3.63) is 64.7 Å². The van der Waals surface area contributed by atoms with E-state index in [-0.39, 0.29) is 11.6 Å². The van der Waals surface area contributed by atoms with E-state index >= 15 is 0 Å². The predicted molar refractivity (Wildman–Crippen MR) is 77.9 cm³/mol. The van der Waals surface area contributed by atoms with Crippen LogP contribution in [-0.2, 0) is 0 Å². The molecule has 0 bridgehead atoms. The molecule has 2 aromatic carbocycles. The number of hydrogen-bond acceptors (Lipinski definition) is 2. The van der Waals surface area contributed by atoms with Gasteiger partial charge in [0.05, 0.1) is 12.6 Å². The van der Waals surface area contributed by atoms with Gasteiger partial charge in [-0.05, 0) is 31.2 Å². The fraction of sp³-hybridized carbons (Fsp3) is 0.235. The topological polar surface area (TPSA) is 38.3 Å². The number of carbonyl (C=O) groups excluding carboxylic acids is 1. The summed E-state index contributed by atoms with van der Waals surface area (Å²) < 4.78 is 31.7. The Morgan fingerprint density at radius 3 is 2.77 bits per heavy atom. The first kappa shape index (κ1) is 14.5. The van der Waals surface area contributed by atoms with Gasteiger partial charge in [0.1, 0.15) is 5.75 Å². The highest BCUT2D eigenvalue weighted by atomic mass is 19.2. The fourth-order valence-corrected chi connectivity index (χ4v) is 2.54. The molecule has 3 nitrogen and oxygen atoms in total. The van der Waals surface area contributed by atoms with E-state index in [9.17, 15) is 13.6 Å². The van der Waals surface area contributed by atoms with Crippen molar-refractivity contribution in [1.82, 2.24) is 5.32 Å². The number of hydrogen-bond donors (Lipinski definition) is 1. The third kappa shape index (κ3) is 2.79. The Morgan fingerprint density at radius 2 is 2.00 bits per heavy atom. The SMILES string of the molecule is Cc1ccc2c(c1)C(NC(=O)c1ccc(F)c(F)c1)CCO2. The van der Waals surface area contributed by atoms with E-state index in [1.807, 2.05) is 25.1 Å². The molecule has 1 amide bonds. The Hall–Kier alpha value is -2.43. The number of carbonyl (C=O) groups is 1. The molecule has 1 aliphatic heterocycles. The van der Waals surface area contributed by atoms with Crippen LogP contribution >= 0.6 is 0 Å². The molecule has 0 fully saturated rings. The van der Waals surface area contributed by atoms with E-state index in [0.717, 1.165) is 29.0 Å². The molecule has 3 rings (SSSR count). The van der Waals surface area contributed by atoms with E-state index in [2.05, 4.69) is 5.32 Å². The zero-order chi connectivity index (χ0) is 15.7. The molecule has 1 unspecified atom stereocenters. The Bertz CT molecular complexity index is 731. The summed E-state index contributed by atoms with van der Waals surface area (Å²) in [6, 6.07) is 8.70. The predicted octanol–water partition coefficient (Wildman–Crippen LogP) is 3.53. The summed E-state index contributed by atoms with van der Waals surface area (Å²) in [5.74, 6) is -1.69. The van der Waals surface area contributed by atoms with Crippen LogP contribution in [0.4, 0.5) is 8.78 Å². The van der Waals surface area contributed by atoms with Crippen LogP contribution in [-0.4, -0.2) is 12.5 Å². The van der Waals surface area contributed by atoms with Crippen LogP contribution in [0.1, 0.15) is 33.9 Å². The lowest BCUT2D eigenvalue weighted by molar-refractivity contribution is 0.0924. The molecule has 1 heterocycles. The van der Waals surface area contributed by atoms with E-state index in [4.69, 9.17) is 4.74 Å². The summed E-state index contributed by atoms with van der Waals surface area (Å²) in [6.45, 7) is 2.46. The standard InChI is InChI=1S/C17H15F2NO2/c1-10-2-5-16-12(8-10)15(6-7-22-16)20-17(21)11-3-4-13(18)14(19)9-11/h2-5,8-9,15H,6-7H2,1H3,(H,20,21). The average Bonchev–Trinajstić information content (AvgIpc) is 2.50. The Labute approximate surface area is 126 Å². The van der Waals surface area contributed by atoms with E-state index in [1.165, 1.54) is 6.07 Å². The molecule has 22 heavy (non-hydrogen) atoms. The largest absolute Gasteiger partial charge is 0.493 e. The number of ether oxygens (including phenoxy) is 1. The van der Waals surface area contributed by atoms with Crippen molar-refractivity contribution >= 4 is 5.91 Å². The van der Waals surface area contributed by atoms with Crippen LogP contribution in [0, 0.1) is 18.6 Å². The Morgan fingerprint density at radius 1 is 1.18 bits per heavy atom.